The Kier molecular flexibility index (Phi) is 3.87. The number of aliphatic hydroxyl groups excluding tert-OH is 1. The van der Waals surface area contributed by atoms with Crippen LogP contribution >= 0.6 is 0 Å². The van der Waals surface area contributed by atoms with Crippen molar-refractivity contribution in [3.8, 4) is 17.1 Å². The molecule has 1 N–H and O–H groups in total. The van der Waals surface area contributed by atoms with Gasteiger partial charge in [0.25, 0.3) is 0 Å². The van der Waals surface area contributed by atoms with Gasteiger partial charge in [0.05, 0.1) is 19.5 Å². The minimum absolute atomic E-state index is 0.0754. The van der Waals surface area contributed by atoms with Crippen LogP contribution in [0.4, 0.5) is 0 Å². The van der Waals surface area contributed by atoms with Crippen LogP contribution in [0.2, 0.25) is 0 Å². The van der Waals surface area contributed by atoms with Gasteiger partial charge in [-0.25, -0.2) is 0 Å². The zero-order valence-electron chi connectivity index (χ0n) is 13.6. The standard InChI is InChI=1S/C21H20O3/c1-23-17-10-7-14(8-11-17)19-18(22)12-9-16-13-24-21(20(16)19)15-5-3-2-4-6-15/h2-8,10-11,13,18-19,22H,9,12H2,1H3/t18-,19-/m0/s1. The molecule has 4 rings (SSSR count). The van der Waals surface area contributed by atoms with E-state index in [1.54, 1.807) is 7.11 Å². The van der Waals surface area contributed by atoms with Crippen LogP contribution in [0.15, 0.2) is 65.3 Å². The minimum Gasteiger partial charge on any atom is -0.497 e. The summed E-state index contributed by atoms with van der Waals surface area (Å²) in [6.45, 7) is 0. The Balaban J connectivity index is 1.83. The van der Waals surface area contributed by atoms with E-state index in [4.69, 9.17) is 9.15 Å². The van der Waals surface area contributed by atoms with E-state index >= 15 is 0 Å². The molecular weight excluding hydrogens is 300 g/mol. The predicted octanol–water partition coefficient (Wildman–Crippen LogP) is 4.39. The number of hydrogen-bond donors (Lipinski definition) is 1. The maximum Gasteiger partial charge on any atom is 0.138 e. The molecule has 122 valence electrons. The zero-order valence-corrected chi connectivity index (χ0v) is 13.6. The lowest BCUT2D eigenvalue weighted by Crippen LogP contribution is -2.25. The summed E-state index contributed by atoms with van der Waals surface area (Å²) in [5.74, 6) is 1.61. The van der Waals surface area contributed by atoms with Gasteiger partial charge in [0.1, 0.15) is 11.5 Å². The second-order valence-electron chi connectivity index (χ2n) is 6.23. The number of methoxy groups -OCH3 is 1. The summed E-state index contributed by atoms with van der Waals surface area (Å²) in [4.78, 5) is 0. The highest BCUT2D eigenvalue weighted by Gasteiger charge is 2.34. The molecule has 3 heteroatoms. The topological polar surface area (TPSA) is 42.6 Å². The molecule has 1 aliphatic rings. The molecule has 3 aromatic rings. The molecule has 2 aromatic carbocycles. The number of ether oxygens (including phenoxy) is 1. The first kappa shape index (κ1) is 15.0. The second kappa shape index (κ2) is 6.17. The average molecular weight is 320 g/mol. The average Bonchev–Trinajstić information content (AvgIpc) is 3.06. The van der Waals surface area contributed by atoms with Gasteiger partial charge < -0.3 is 14.3 Å². The molecule has 1 aliphatic carbocycles. The van der Waals surface area contributed by atoms with Crippen molar-refractivity contribution in [2.45, 2.75) is 24.9 Å². The molecule has 0 aliphatic heterocycles. The van der Waals surface area contributed by atoms with Crippen LogP contribution in [0.25, 0.3) is 11.3 Å². The van der Waals surface area contributed by atoms with Gasteiger partial charge in [-0.05, 0) is 36.1 Å². The van der Waals surface area contributed by atoms with Gasteiger partial charge in [0.2, 0.25) is 0 Å². The van der Waals surface area contributed by atoms with Crippen molar-refractivity contribution in [3.05, 3.63) is 77.6 Å². The van der Waals surface area contributed by atoms with E-state index in [1.807, 2.05) is 60.9 Å². The van der Waals surface area contributed by atoms with Gasteiger partial charge in [-0.1, -0.05) is 42.5 Å². The first-order chi connectivity index (χ1) is 11.8. The number of rotatable bonds is 3. The molecule has 0 radical (unpaired) electrons. The van der Waals surface area contributed by atoms with Crippen molar-refractivity contribution in [2.24, 2.45) is 0 Å². The SMILES string of the molecule is COc1ccc([C@@H]2c3c(coc3-c3ccccc3)CC[C@@H]2O)cc1. The molecular formula is C21H20O3. The summed E-state index contributed by atoms with van der Waals surface area (Å²) in [6.07, 6.45) is 3.03. The summed E-state index contributed by atoms with van der Waals surface area (Å²) in [5, 5.41) is 10.7. The van der Waals surface area contributed by atoms with Crippen LogP contribution in [0.5, 0.6) is 5.75 Å². The van der Waals surface area contributed by atoms with Crippen LogP contribution in [0.3, 0.4) is 0 Å². The normalized spacial score (nSPS) is 19.8. The number of aryl methyl sites for hydroxylation is 1. The van der Waals surface area contributed by atoms with Crippen LogP contribution in [0.1, 0.15) is 29.0 Å². The lowest BCUT2D eigenvalue weighted by molar-refractivity contribution is 0.140. The van der Waals surface area contributed by atoms with Gasteiger partial charge in [-0.15, -0.1) is 0 Å². The van der Waals surface area contributed by atoms with Crippen molar-refractivity contribution < 1.29 is 14.3 Å². The van der Waals surface area contributed by atoms with Gasteiger partial charge in [0, 0.05) is 17.0 Å². The summed E-state index contributed by atoms with van der Waals surface area (Å²) >= 11 is 0. The summed E-state index contributed by atoms with van der Waals surface area (Å²) in [6, 6.07) is 18.0. The third-order valence-electron chi connectivity index (χ3n) is 4.83. The molecule has 0 fully saturated rings. The maximum absolute atomic E-state index is 10.7. The maximum atomic E-state index is 10.7. The van der Waals surface area contributed by atoms with Crippen molar-refractivity contribution in [1.82, 2.24) is 0 Å². The third kappa shape index (κ3) is 2.51. The molecule has 0 saturated carbocycles. The van der Waals surface area contributed by atoms with Crippen molar-refractivity contribution in [2.75, 3.05) is 7.11 Å². The van der Waals surface area contributed by atoms with Gasteiger partial charge >= 0.3 is 0 Å². The smallest absolute Gasteiger partial charge is 0.138 e. The molecule has 1 heterocycles. The van der Waals surface area contributed by atoms with Gasteiger partial charge in [-0.2, -0.15) is 0 Å². The number of fused-ring (bicyclic) bond motifs is 1. The van der Waals surface area contributed by atoms with Crippen LogP contribution < -0.4 is 4.74 Å². The van der Waals surface area contributed by atoms with E-state index in [0.717, 1.165) is 41.0 Å². The van der Waals surface area contributed by atoms with Crippen LogP contribution in [-0.2, 0) is 6.42 Å². The highest BCUT2D eigenvalue weighted by atomic mass is 16.5. The second-order valence-corrected chi connectivity index (χ2v) is 6.23. The monoisotopic (exact) mass is 320 g/mol. The summed E-state index contributed by atoms with van der Waals surface area (Å²) < 4.78 is 11.2. The Bertz CT molecular complexity index is 818. The Morgan fingerprint density at radius 2 is 1.79 bits per heavy atom. The summed E-state index contributed by atoms with van der Waals surface area (Å²) in [7, 11) is 1.66. The van der Waals surface area contributed by atoms with Gasteiger partial charge in [0.15, 0.2) is 0 Å². The van der Waals surface area contributed by atoms with E-state index in [2.05, 4.69) is 0 Å². The van der Waals surface area contributed by atoms with Crippen LogP contribution in [0, 0.1) is 0 Å². The third-order valence-corrected chi connectivity index (χ3v) is 4.83. The van der Waals surface area contributed by atoms with E-state index in [1.165, 1.54) is 5.56 Å². The van der Waals surface area contributed by atoms with Crippen molar-refractivity contribution in [1.29, 1.82) is 0 Å². The lowest BCUT2D eigenvalue weighted by Gasteiger charge is -2.29. The highest BCUT2D eigenvalue weighted by molar-refractivity contribution is 5.66. The number of benzene rings is 2. The fourth-order valence-corrected chi connectivity index (χ4v) is 3.61. The lowest BCUT2D eigenvalue weighted by atomic mass is 9.77. The molecule has 2 atom stereocenters. The molecule has 3 nitrogen and oxygen atoms in total. The number of hydrogen-bond acceptors (Lipinski definition) is 3. The van der Waals surface area contributed by atoms with Crippen molar-refractivity contribution in [3.63, 3.8) is 0 Å². The Morgan fingerprint density at radius 3 is 2.50 bits per heavy atom. The molecule has 24 heavy (non-hydrogen) atoms. The molecule has 0 spiro atoms. The molecule has 0 unspecified atom stereocenters. The number of furan rings is 1. The zero-order chi connectivity index (χ0) is 16.5. The van der Waals surface area contributed by atoms with E-state index < -0.39 is 6.10 Å². The first-order valence-corrected chi connectivity index (χ1v) is 8.25. The quantitative estimate of drug-likeness (QED) is 0.778. The Hall–Kier alpha value is -2.52. The first-order valence-electron chi connectivity index (χ1n) is 8.25. The molecule has 0 saturated heterocycles. The number of aliphatic hydroxyl groups is 1. The molecule has 0 bridgehead atoms. The Morgan fingerprint density at radius 1 is 1.04 bits per heavy atom. The van der Waals surface area contributed by atoms with Crippen LogP contribution in [-0.4, -0.2) is 18.3 Å². The Labute approximate surface area is 141 Å². The summed E-state index contributed by atoms with van der Waals surface area (Å²) in [5.41, 5.74) is 4.44. The van der Waals surface area contributed by atoms with E-state index in [-0.39, 0.29) is 5.92 Å². The van der Waals surface area contributed by atoms with Crippen molar-refractivity contribution >= 4 is 0 Å². The minimum atomic E-state index is -0.411. The molecule has 0 amide bonds. The highest BCUT2D eigenvalue weighted by Crippen LogP contribution is 2.43. The fraction of sp³-hybridized carbons (Fsp3) is 0.238. The predicted molar refractivity (Wildman–Crippen MR) is 93.3 cm³/mol. The molecule has 1 aromatic heterocycles. The van der Waals surface area contributed by atoms with Gasteiger partial charge in [-0.3, -0.25) is 0 Å². The van der Waals surface area contributed by atoms with E-state index in [0.29, 0.717) is 0 Å². The largest absolute Gasteiger partial charge is 0.497 e. The fourth-order valence-electron chi connectivity index (χ4n) is 3.61. The van der Waals surface area contributed by atoms with E-state index in [9.17, 15) is 5.11 Å².